The number of nitrogens with one attached hydrogen (secondary N) is 1. The highest BCUT2D eigenvalue weighted by Crippen LogP contribution is 2.21. The van der Waals surface area contributed by atoms with Crippen molar-refractivity contribution in [3.63, 3.8) is 0 Å². The van der Waals surface area contributed by atoms with Crippen LogP contribution in [-0.4, -0.2) is 20.2 Å². The number of hydrogen-bond donors (Lipinski definition) is 1. The lowest BCUT2D eigenvalue weighted by Crippen LogP contribution is -2.40. The fraction of sp³-hybridized carbons (Fsp3) is 1.00. The molecule has 0 heterocycles. The van der Waals surface area contributed by atoms with Gasteiger partial charge in [-0.1, -0.05) is 39.0 Å². The average molecular weight is 229 g/mol. The van der Waals surface area contributed by atoms with Gasteiger partial charge >= 0.3 is 0 Å². The second-order valence-corrected chi connectivity index (χ2v) is 12.6. The van der Waals surface area contributed by atoms with Gasteiger partial charge in [0.25, 0.3) is 0 Å². The second-order valence-electron chi connectivity index (χ2n) is 7.05. The van der Waals surface area contributed by atoms with E-state index in [1.807, 2.05) is 0 Å². The normalized spacial score (nSPS) is 15.4. The molecule has 1 unspecified atom stereocenters. The van der Waals surface area contributed by atoms with Crippen LogP contribution in [0.15, 0.2) is 0 Å². The van der Waals surface area contributed by atoms with E-state index in [4.69, 9.17) is 0 Å². The minimum absolute atomic E-state index is 0.269. The van der Waals surface area contributed by atoms with E-state index in [2.05, 4.69) is 52.7 Å². The van der Waals surface area contributed by atoms with E-state index in [1.165, 1.54) is 25.4 Å². The van der Waals surface area contributed by atoms with Crippen LogP contribution in [0.5, 0.6) is 0 Å². The van der Waals surface area contributed by atoms with Gasteiger partial charge in [0.1, 0.15) is 0 Å². The molecule has 0 bridgehead atoms. The molecule has 2 heteroatoms. The fourth-order valence-corrected chi connectivity index (χ4v) is 4.08. The smallest absolute Gasteiger partial charge is 0.0445 e. The first-order valence-electron chi connectivity index (χ1n) is 6.39. The standard InChI is InChI=1S/C13H31NSi/c1-8-9-12(11-15(5,6)7)10-14-13(2,3)4/h12,14H,8-11H2,1-7H3. The summed E-state index contributed by atoms with van der Waals surface area (Å²) in [6.45, 7) is 17.7. The Morgan fingerprint density at radius 1 is 1.13 bits per heavy atom. The molecule has 15 heavy (non-hydrogen) atoms. The lowest BCUT2D eigenvalue weighted by atomic mass is 10.0. The minimum atomic E-state index is -0.894. The highest BCUT2D eigenvalue weighted by atomic mass is 28.3. The SMILES string of the molecule is CCCC(CNC(C)(C)C)C[Si](C)(C)C. The Kier molecular flexibility index (Phi) is 6.12. The van der Waals surface area contributed by atoms with Gasteiger partial charge in [0, 0.05) is 13.6 Å². The summed E-state index contributed by atoms with van der Waals surface area (Å²) >= 11 is 0. The summed E-state index contributed by atoms with van der Waals surface area (Å²) in [7, 11) is -0.894. The Morgan fingerprint density at radius 3 is 2.00 bits per heavy atom. The van der Waals surface area contributed by atoms with Crippen molar-refractivity contribution in [1.29, 1.82) is 0 Å². The predicted molar refractivity (Wildman–Crippen MR) is 74.3 cm³/mol. The third kappa shape index (κ3) is 10.5. The van der Waals surface area contributed by atoms with Crippen LogP contribution < -0.4 is 5.32 Å². The molecule has 0 saturated carbocycles. The van der Waals surface area contributed by atoms with Crippen molar-refractivity contribution in [3.05, 3.63) is 0 Å². The Morgan fingerprint density at radius 2 is 1.67 bits per heavy atom. The molecule has 1 nitrogen and oxygen atoms in total. The van der Waals surface area contributed by atoms with Gasteiger partial charge < -0.3 is 5.32 Å². The van der Waals surface area contributed by atoms with E-state index in [0.29, 0.717) is 0 Å². The first-order valence-corrected chi connectivity index (χ1v) is 10.1. The van der Waals surface area contributed by atoms with Gasteiger partial charge in [-0.2, -0.15) is 0 Å². The van der Waals surface area contributed by atoms with E-state index in [0.717, 1.165) is 5.92 Å². The van der Waals surface area contributed by atoms with Gasteiger partial charge in [0.05, 0.1) is 0 Å². The fourth-order valence-electron chi connectivity index (χ4n) is 2.00. The lowest BCUT2D eigenvalue weighted by Gasteiger charge is -2.28. The van der Waals surface area contributed by atoms with Crippen LogP contribution in [0.2, 0.25) is 25.7 Å². The third-order valence-corrected chi connectivity index (χ3v) is 4.32. The highest BCUT2D eigenvalue weighted by Gasteiger charge is 2.21. The second kappa shape index (κ2) is 6.05. The summed E-state index contributed by atoms with van der Waals surface area (Å²) in [6.07, 6.45) is 2.70. The Hall–Kier alpha value is 0.177. The third-order valence-electron chi connectivity index (χ3n) is 2.52. The van der Waals surface area contributed by atoms with Crippen LogP contribution in [-0.2, 0) is 0 Å². The number of rotatable bonds is 6. The van der Waals surface area contributed by atoms with E-state index < -0.39 is 8.07 Å². The zero-order chi connectivity index (χ0) is 12.1. The molecule has 0 fully saturated rings. The monoisotopic (exact) mass is 229 g/mol. The summed E-state index contributed by atoms with van der Waals surface area (Å²) in [5.41, 5.74) is 0.269. The molecule has 0 amide bonds. The molecule has 0 rings (SSSR count). The molecule has 1 atom stereocenters. The zero-order valence-electron chi connectivity index (χ0n) is 11.9. The average Bonchev–Trinajstić information content (AvgIpc) is 1.96. The minimum Gasteiger partial charge on any atom is -0.312 e. The van der Waals surface area contributed by atoms with Gasteiger partial charge in [-0.25, -0.2) is 0 Å². The molecule has 0 aromatic carbocycles. The molecule has 1 N–H and O–H groups in total. The van der Waals surface area contributed by atoms with Gasteiger partial charge in [-0.3, -0.25) is 0 Å². The molecule has 0 aromatic heterocycles. The molecule has 92 valence electrons. The van der Waals surface area contributed by atoms with E-state index in [1.54, 1.807) is 0 Å². The van der Waals surface area contributed by atoms with E-state index >= 15 is 0 Å². The Balaban J connectivity index is 4.05. The van der Waals surface area contributed by atoms with Crippen molar-refractivity contribution in [2.45, 2.75) is 71.8 Å². The Labute approximate surface area is 98.0 Å². The number of hydrogen-bond acceptors (Lipinski definition) is 1. The van der Waals surface area contributed by atoms with Crippen molar-refractivity contribution < 1.29 is 0 Å². The predicted octanol–water partition coefficient (Wildman–Crippen LogP) is 4.13. The van der Waals surface area contributed by atoms with Gasteiger partial charge in [0.2, 0.25) is 0 Å². The maximum Gasteiger partial charge on any atom is 0.0445 e. The maximum absolute atomic E-state index is 3.65. The van der Waals surface area contributed by atoms with Crippen molar-refractivity contribution in [1.82, 2.24) is 5.32 Å². The molecular weight excluding hydrogens is 198 g/mol. The summed E-state index contributed by atoms with van der Waals surface area (Å²) in [5, 5.41) is 3.65. The van der Waals surface area contributed by atoms with Gasteiger partial charge in [-0.05, 0) is 39.7 Å². The van der Waals surface area contributed by atoms with Crippen LogP contribution in [0.3, 0.4) is 0 Å². The van der Waals surface area contributed by atoms with Crippen LogP contribution in [0.1, 0.15) is 40.5 Å². The van der Waals surface area contributed by atoms with Crippen LogP contribution >= 0.6 is 0 Å². The van der Waals surface area contributed by atoms with Gasteiger partial charge in [-0.15, -0.1) is 0 Å². The van der Waals surface area contributed by atoms with Crippen LogP contribution in [0.25, 0.3) is 0 Å². The van der Waals surface area contributed by atoms with Crippen LogP contribution in [0.4, 0.5) is 0 Å². The zero-order valence-corrected chi connectivity index (χ0v) is 12.9. The molecule has 0 spiro atoms. The highest BCUT2D eigenvalue weighted by molar-refractivity contribution is 6.76. The van der Waals surface area contributed by atoms with E-state index in [-0.39, 0.29) is 5.54 Å². The summed E-state index contributed by atoms with van der Waals surface area (Å²) in [4.78, 5) is 0. The molecule has 0 aliphatic rings. The molecule has 0 aliphatic carbocycles. The molecular formula is C13H31NSi. The summed E-state index contributed by atoms with van der Waals surface area (Å²) in [6, 6.07) is 1.46. The maximum atomic E-state index is 3.65. The summed E-state index contributed by atoms with van der Waals surface area (Å²) < 4.78 is 0. The van der Waals surface area contributed by atoms with E-state index in [9.17, 15) is 0 Å². The molecule has 0 radical (unpaired) electrons. The summed E-state index contributed by atoms with van der Waals surface area (Å²) in [5.74, 6) is 0.890. The first kappa shape index (κ1) is 15.2. The van der Waals surface area contributed by atoms with Crippen molar-refractivity contribution in [3.8, 4) is 0 Å². The Bertz CT molecular complexity index is 164. The molecule has 0 aliphatic heterocycles. The quantitative estimate of drug-likeness (QED) is 0.675. The first-order chi connectivity index (χ1) is 6.64. The van der Waals surface area contributed by atoms with Crippen molar-refractivity contribution in [2.75, 3.05) is 6.54 Å². The van der Waals surface area contributed by atoms with Crippen LogP contribution in [0, 0.1) is 5.92 Å². The molecule has 0 saturated heterocycles. The lowest BCUT2D eigenvalue weighted by molar-refractivity contribution is 0.369. The van der Waals surface area contributed by atoms with Crippen molar-refractivity contribution in [2.24, 2.45) is 5.92 Å². The largest absolute Gasteiger partial charge is 0.312 e. The molecule has 0 aromatic rings. The van der Waals surface area contributed by atoms with Crippen molar-refractivity contribution >= 4 is 8.07 Å². The topological polar surface area (TPSA) is 12.0 Å². The van der Waals surface area contributed by atoms with Gasteiger partial charge in [0.15, 0.2) is 0 Å².